The van der Waals surface area contributed by atoms with Gasteiger partial charge in [0.05, 0.1) is 22.2 Å². The Bertz CT molecular complexity index is 456. The largest absolute Gasteiger partial charge is 0.394 e. The molecule has 3 nitrogen and oxygen atoms in total. The molecule has 2 rings (SSSR count). The van der Waals surface area contributed by atoms with Gasteiger partial charge in [0.2, 0.25) is 0 Å². The highest BCUT2D eigenvalue weighted by Crippen LogP contribution is 2.30. The standard InChI is InChI=1S/C13H15Cl2NO2/c14-10-4-3-9(7-11(10)15)12(18)16-13(8-17)5-1-2-6-13/h3-4,7,17H,1-2,5-6,8H2,(H,16,18). The van der Waals surface area contributed by atoms with Crippen LogP contribution in [0.4, 0.5) is 0 Å². The maximum absolute atomic E-state index is 12.1. The molecule has 0 radical (unpaired) electrons. The van der Waals surface area contributed by atoms with Crippen LogP contribution in [-0.4, -0.2) is 23.2 Å². The quantitative estimate of drug-likeness (QED) is 0.898. The van der Waals surface area contributed by atoms with Crippen molar-refractivity contribution in [1.29, 1.82) is 0 Å². The molecule has 0 heterocycles. The Labute approximate surface area is 116 Å². The van der Waals surface area contributed by atoms with E-state index in [1.54, 1.807) is 18.2 Å². The molecule has 0 saturated heterocycles. The summed E-state index contributed by atoms with van der Waals surface area (Å²) in [5.41, 5.74) is -0.00690. The summed E-state index contributed by atoms with van der Waals surface area (Å²) in [6.45, 7) is -0.0277. The Hall–Kier alpha value is -0.770. The molecule has 1 fully saturated rings. The van der Waals surface area contributed by atoms with E-state index in [-0.39, 0.29) is 12.5 Å². The number of carbonyl (C=O) groups excluding carboxylic acids is 1. The molecule has 0 atom stereocenters. The lowest BCUT2D eigenvalue weighted by Gasteiger charge is -2.28. The fraction of sp³-hybridized carbons (Fsp3) is 0.462. The Morgan fingerprint density at radius 2 is 1.94 bits per heavy atom. The molecular weight excluding hydrogens is 273 g/mol. The van der Waals surface area contributed by atoms with Gasteiger partial charge in [0.15, 0.2) is 0 Å². The summed E-state index contributed by atoms with van der Waals surface area (Å²) < 4.78 is 0. The summed E-state index contributed by atoms with van der Waals surface area (Å²) in [6.07, 6.45) is 3.69. The van der Waals surface area contributed by atoms with Crippen LogP contribution in [0.2, 0.25) is 10.0 Å². The van der Waals surface area contributed by atoms with Crippen molar-refractivity contribution < 1.29 is 9.90 Å². The first-order valence-electron chi connectivity index (χ1n) is 5.95. The minimum Gasteiger partial charge on any atom is -0.394 e. The van der Waals surface area contributed by atoms with Crippen LogP contribution in [0.25, 0.3) is 0 Å². The highest BCUT2D eigenvalue weighted by molar-refractivity contribution is 6.42. The van der Waals surface area contributed by atoms with Crippen molar-refractivity contribution in [2.45, 2.75) is 31.2 Å². The summed E-state index contributed by atoms with van der Waals surface area (Å²) in [5, 5.41) is 13.1. The number of nitrogens with one attached hydrogen (secondary N) is 1. The van der Waals surface area contributed by atoms with E-state index in [9.17, 15) is 9.90 Å². The van der Waals surface area contributed by atoms with Crippen LogP contribution in [-0.2, 0) is 0 Å². The van der Waals surface area contributed by atoms with Crippen LogP contribution >= 0.6 is 23.2 Å². The molecule has 0 bridgehead atoms. The second kappa shape index (κ2) is 5.47. The lowest BCUT2D eigenvalue weighted by atomic mass is 9.98. The fourth-order valence-electron chi connectivity index (χ4n) is 2.32. The van der Waals surface area contributed by atoms with E-state index in [1.165, 1.54) is 0 Å². The number of aliphatic hydroxyl groups is 1. The average Bonchev–Trinajstić information content (AvgIpc) is 2.82. The molecule has 1 aromatic rings. The van der Waals surface area contributed by atoms with Crippen molar-refractivity contribution in [2.24, 2.45) is 0 Å². The van der Waals surface area contributed by atoms with Crippen LogP contribution < -0.4 is 5.32 Å². The Kier molecular flexibility index (Phi) is 4.15. The first-order chi connectivity index (χ1) is 8.56. The SMILES string of the molecule is O=C(NC1(CO)CCCC1)c1ccc(Cl)c(Cl)c1. The number of hydrogen-bond acceptors (Lipinski definition) is 2. The summed E-state index contributed by atoms with van der Waals surface area (Å²) in [5.74, 6) is -0.218. The molecule has 1 saturated carbocycles. The van der Waals surface area contributed by atoms with Gasteiger partial charge in [0.1, 0.15) is 0 Å². The van der Waals surface area contributed by atoms with Crippen molar-refractivity contribution in [3.63, 3.8) is 0 Å². The van der Waals surface area contributed by atoms with Gasteiger partial charge in [-0.15, -0.1) is 0 Å². The van der Waals surface area contributed by atoms with E-state index in [1.807, 2.05) is 0 Å². The van der Waals surface area contributed by atoms with E-state index >= 15 is 0 Å². The second-order valence-electron chi connectivity index (χ2n) is 4.73. The lowest BCUT2D eigenvalue weighted by molar-refractivity contribution is 0.0838. The molecule has 18 heavy (non-hydrogen) atoms. The highest BCUT2D eigenvalue weighted by Gasteiger charge is 2.34. The van der Waals surface area contributed by atoms with Gasteiger partial charge in [-0.2, -0.15) is 0 Å². The zero-order chi connectivity index (χ0) is 13.2. The first-order valence-corrected chi connectivity index (χ1v) is 6.70. The highest BCUT2D eigenvalue weighted by atomic mass is 35.5. The molecule has 1 aliphatic carbocycles. The number of carbonyl (C=O) groups is 1. The number of hydrogen-bond donors (Lipinski definition) is 2. The normalized spacial score (nSPS) is 17.7. The van der Waals surface area contributed by atoms with Gasteiger partial charge in [-0.3, -0.25) is 4.79 Å². The van der Waals surface area contributed by atoms with Crippen molar-refractivity contribution in [1.82, 2.24) is 5.32 Å². The van der Waals surface area contributed by atoms with E-state index in [4.69, 9.17) is 23.2 Å². The smallest absolute Gasteiger partial charge is 0.251 e. The van der Waals surface area contributed by atoms with E-state index in [0.717, 1.165) is 25.7 Å². The molecule has 0 unspecified atom stereocenters. The Balaban J connectivity index is 2.13. The van der Waals surface area contributed by atoms with Crippen molar-refractivity contribution in [3.8, 4) is 0 Å². The minimum atomic E-state index is -0.469. The molecule has 5 heteroatoms. The monoisotopic (exact) mass is 287 g/mol. The summed E-state index contributed by atoms with van der Waals surface area (Å²) in [4.78, 5) is 12.1. The third-order valence-electron chi connectivity index (χ3n) is 3.42. The van der Waals surface area contributed by atoms with Crippen molar-refractivity contribution in [2.75, 3.05) is 6.61 Å². The van der Waals surface area contributed by atoms with Gasteiger partial charge in [-0.05, 0) is 31.0 Å². The van der Waals surface area contributed by atoms with Crippen LogP contribution in [0.1, 0.15) is 36.0 Å². The zero-order valence-electron chi connectivity index (χ0n) is 9.88. The molecular formula is C13H15Cl2NO2. The molecule has 0 aliphatic heterocycles. The second-order valence-corrected chi connectivity index (χ2v) is 5.54. The van der Waals surface area contributed by atoms with Crippen LogP contribution in [0.15, 0.2) is 18.2 Å². The first kappa shape index (κ1) is 13.7. The predicted octanol–water partition coefficient (Wildman–Crippen LogP) is 3.03. The molecule has 1 amide bonds. The number of benzene rings is 1. The number of rotatable bonds is 3. The molecule has 0 aromatic heterocycles. The van der Waals surface area contributed by atoms with Crippen LogP contribution in [0, 0.1) is 0 Å². The number of aliphatic hydroxyl groups excluding tert-OH is 1. The molecule has 0 spiro atoms. The van der Waals surface area contributed by atoms with E-state index in [0.29, 0.717) is 15.6 Å². The number of halogens is 2. The Morgan fingerprint density at radius 3 is 2.50 bits per heavy atom. The zero-order valence-corrected chi connectivity index (χ0v) is 11.4. The van der Waals surface area contributed by atoms with E-state index in [2.05, 4.69) is 5.32 Å². The number of amides is 1. The predicted molar refractivity (Wildman–Crippen MR) is 72.2 cm³/mol. The van der Waals surface area contributed by atoms with Gasteiger partial charge >= 0.3 is 0 Å². The summed E-state index contributed by atoms with van der Waals surface area (Å²) >= 11 is 11.7. The van der Waals surface area contributed by atoms with Gasteiger partial charge in [0, 0.05) is 5.56 Å². The van der Waals surface area contributed by atoms with E-state index < -0.39 is 5.54 Å². The van der Waals surface area contributed by atoms with Gasteiger partial charge in [-0.25, -0.2) is 0 Å². The molecule has 1 aromatic carbocycles. The average molecular weight is 288 g/mol. The minimum absolute atomic E-state index is 0.0277. The molecule has 98 valence electrons. The van der Waals surface area contributed by atoms with Crippen molar-refractivity contribution in [3.05, 3.63) is 33.8 Å². The molecule has 2 N–H and O–H groups in total. The fourth-order valence-corrected chi connectivity index (χ4v) is 2.62. The lowest BCUT2D eigenvalue weighted by Crippen LogP contribution is -2.49. The third-order valence-corrected chi connectivity index (χ3v) is 4.16. The third kappa shape index (κ3) is 2.79. The van der Waals surface area contributed by atoms with Gasteiger partial charge in [0.25, 0.3) is 5.91 Å². The van der Waals surface area contributed by atoms with Crippen LogP contribution in [0.3, 0.4) is 0 Å². The summed E-state index contributed by atoms with van der Waals surface area (Å²) in [6, 6.07) is 4.77. The van der Waals surface area contributed by atoms with Crippen molar-refractivity contribution >= 4 is 29.1 Å². The molecule has 1 aliphatic rings. The maximum Gasteiger partial charge on any atom is 0.251 e. The topological polar surface area (TPSA) is 49.3 Å². The van der Waals surface area contributed by atoms with Crippen LogP contribution in [0.5, 0.6) is 0 Å². The summed E-state index contributed by atoms with van der Waals surface area (Å²) in [7, 11) is 0. The maximum atomic E-state index is 12.1. The Morgan fingerprint density at radius 1 is 1.28 bits per heavy atom. The van der Waals surface area contributed by atoms with Gasteiger partial charge < -0.3 is 10.4 Å². The van der Waals surface area contributed by atoms with Gasteiger partial charge in [-0.1, -0.05) is 36.0 Å².